The van der Waals surface area contributed by atoms with Gasteiger partial charge in [-0.1, -0.05) is 15.9 Å². The summed E-state index contributed by atoms with van der Waals surface area (Å²) in [6, 6.07) is 1.56. The van der Waals surface area contributed by atoms with Crippen LogP contribution in [0.3, 0.4) is 0 Å². The van der Waals surface area contributed by atoms with Gasteiger partial charge in [-0.05, 0) is 6.92 Å². The van der Waals surface area contributed by atoms with Crippen LogP contribution >= 0.6 is 15.9 Å². The van der Waals surface area contributed by atoms with Crippen molar-refractivity contribution in [1.82, 2.24) is 9.97 Å². The van der Waals surface area contributed by atoms with Crippen molar-refractivity contribution in [2.75, 3.05) is 30.4 Å². The number of halogens is 4. The molecular formula is C10H13BrF3N3O. The third-order valence-electron chi connectivity index (χ3n) is 2.04. The van der Waals surface area contributed by atoms with Crippen molar-refractivity contribution in [3.8, 4) is 5.88 Å². The maximum absolute atomic E-state index is 12.5. The zero-order chi connectivity index (χ0) is 13.8. The van der Waals surface area contributed by atoms with E-state index in [1.807, 2.05) is 0 Å². The predicted molar refractivity (Wildman–Crippen MR) is 65.4 cm³/mol. The van der Waals surface area contributed by atoms with Crippen molar-refractivity contribution < 1.29 is 17.9 Å². The van der Waals surface area contributed by atoms with Crippen LogP contribution in [-0.4, -0.2) is 41.7 Å². The molecule has 1 rings (SSSR count). The summed E-state index contributed by atoms with van der Waals surface area (Å²) in [4.78, 5) is 8.99. The average molecular weight is 328 g/mol. The molecule has 18 heavy (non-hydrogen) atoms. The Bertz CT molecular complexity index is 400. The molecule has 1 heterocycles. The molecule has 1 aromatic heterocycles. The molecule has 1 aromatic rings. The number of anilines is 1. The molecule has 0 N–H and O–H groups in total. The second kappa shape index (κ2) is 6.21. The number of hydrogen-bond acceptors (Lipinski definition) is 4. The zero-order valence-electron chi connectivity index (χ0n) is 9.96. The summed E-state index contributed by atoms with van der Waals surface area (Å²) < 4.78 is 42.3. The van der Waals surface area contributed by atoms with Gasteiger partial charge in [-0.3, -0.25) is 0 Å². The lowest BCUT2D eigenvalue weighted by Gasteiger charge is -2.23. The van der Waals surface area contributed by atoms with Crippen molar-refractivity contribution in [3.05, 3.63) is 11.8 Å². The van der Waals surface area contributed by atoms with Crippen LogP contribution in [0.5, 0.6) is 5.88 Å². The first kappa shape index (κ1) is 15.0. The van der Waals surface area contributed by atoms with E-state index in [9.17, 15) is 13.2 Å². The first-order valence-electron chi connectivity index (χ1n) is 5.13. The summed E-state index contributed by atoms with van der Waals surface area (Å²) in [6.45, 7) is 0.741. The Morgan fingerprint density at radius 3 is 2.56 bits per heavy atom. The molecule has 0 aliphatic heterocycles. The van der Waals surface area contributed by atoms with E-state index in [0.717, 1.165) is 4.90 Å². The first-order valence-corrected chi connectivity index (χ1v) is 6.25. The van der Waals surface area contributed by atoms with E-state index in [2.05, 4.69) is 25.9 Å². The molecule has 0 atom stereocenters. The molecule has 0 amide bonds. The Morgan fingerprint density at radius 1 is 1.39 bits per heavy atom. The second-order valence-corrected chi connectivity index (χ2v) is 4.37. The first-order chi connectivity index (χ1) is 8.35. The van der Waals surface area contributed by atoms with E-state index in [-0.39, 0.29) is 18.4 Å². The molecule has 0 spiro atoms. The fourth-order valence-electron chi connectivity index (χ4n) is 1.34. The summed E-state index contributed by atoms with van der Waals surface area (Å²) in [6.07, 6.45) is -4.30. The lowest BCUT2D eigenvalue weighted by molar-refractivity contribution is -0.119. The maximum atomic E-state index is 12.5. The Morgan fingerprint density at radius 2 is 2.06 bits per heavy atom. The zero-order valence-corrected chi connectivity index (χ0v) is 11.5. The number of hydrogen-bond donors (Lipinski definition) is 0. The number of nitrogens with zero attached hydrogens (tertiary/aromatic N) is 3. The second-order valence-electron chi connectivity index (χ2n) is 3.58. The SMILES string of the molecule is COc1cc(C)nc(N(CCBr)CC(F)(F)F)n1. The quantitative estimate of drug-likeness (QED) is 0.779. The molecule has 0 aromatic carbocycles. The van der Waals surface area contributed by atoms with E-state index in [4.69, 9.17) is 4.74 Å². The molecule has 8 heteroatoms. The topological polar surface area (TPSA) is 38.2 Å². The van der Waals surface area contributed by atoms with Gasteiger partial charge in [0.15, 0.2) is 0 Å². The Balaban J connectivity index is 3.01. The van der Waals surface area contributed by atoms with Crippen LogP contribution in [0.25, 0.3) is 0 Å². The van der Waals surface area contributed by atoms with Gasteiger partial charge in [0.2, 0.25) is 11.8 Å². The summed E-state index contributed by atoms with van der Waals surface area (Å²) in [5.74, 6) is 0.267. The highest BCUT2D eigenvalue weighted by molar-refractivity contribution is 9.09. The van der Waals surface area contributed by atoms with Crippen molar-refractivity contribution in [2.24, 2.45) is 0 Å². The molecule has 0 aliphatic rings. The molecule has 0 aliphatic carbocycles. The predicted octanol–water partition coefficient (Wildman–Crippen LogP) is 2.56. The number of aryl methyl sites for hydroxylation is 1. The van der Waals surface area contributed by atoms with Gasteiger partial charge in [0.1, 0.15) is 6.54 Å². The van der Waals surface area contributed by atoms with E-state index in [1.54, 1.807) is 13.0 Å². The maximum Gasteiger partial charge on any atom is 0.406 e. The van der Waals surface area contributed by atoms with Crippen molar-refractivity contribution in [3.63, 3.8) is 0 Å². The van der Waals surface area contributed by atoms with E-state index >= 15 is 0 Å². The molecule has 0 saturated heterocycles. The van der Waals surface area contributed by atoms with E-state index in [1.165, 1.54) is 7.11 Å². The minimum atomic E-state index is -4.30. The molecule has 0 radical (unpaired) electrons. The van der Waals surface area contributed by atoms with Crippen LogP contribution in [0.1, 0.15) is 5.69 Å². The van der Waals surface area contributed by atoms with Crippen molar-refractivity contribution in [1.29, 1.82) is 0 Å². The third kappa shape index (κ3) is 4.67. The fourth-order valence-corrected chi connectivity index (χ4v) is 1.77. The summed E-state index contributed by atoms with van der Waals surface area (Å²) in [5.41, 5.74) is 0.554. The van der Waals surface area contributed by atoms with Gasteiger partial charge in [0.25, 0.3) is 0 Å². The third-order valence-corrected chi connectivity index (χ3v) is 2.39. The van der Waals surface area contributed by atoms with E-state index < -0.39 is 12.7 Å². The average Bonchev–Trinajstić information content (AvgIpc) is 2.26. The normalized spacial score (nSPS) is 11.4. The molecule has 0 bridgehead atoms. The minimum Gasteiger partial charge on any atom is -0.481 e. The number of aromatic nitrogens is 2. The van der Waals surface area contributed by atoms with Gasteiger partial charge in [0.05, 0.1) is 7.11 Å². The fraction of sp³-hybridized carbons (Fsp3) is 0.600. The van der Waals surface area contributed by atoms with Crippen LogP contribution in [0.2, 0.25) is 0 Å². The number of methoxy groups -OCH3 is 1. The molecule has 0 fully saturated rings. The van der Waals surface area contributed by atoms with Crippen LogP contribution in [0.4, 0.5) is 19.1 Å². The number of ether oxygens (including phenoxy) is 1. The van der Waals surface area contributed by atoms with Crippen molar-refractivity contribution in [2.45, 2.75) is 13.1 Å². The highest BCUT2D eigenvalue weighted by Gasteiger charge is 2.31. The molecule has 0 saturated carbocycles. The molecular weight excluding hydrogens is 315 g/mol. The Kier molecular flexibility index (Phi) is 5.18. The smallest absolute Gasteiger partial charge is 0.406 e. The minimum absolute atomic E-state index is 0.0172. The Labute approximate surface area is 111 Å². The van der Waals surface area contributed by atoms with Crippen LogP contribution in [-0.2, 0) is 0 Å². The standard InChI is InChI=1S/C10H13BrF3N3O/c1-7-5-8(18-2)16-9(15-7)17(4-3-11)6-10(12,13)14/h5H,3-4,6H2,1-2H3. The van der Waals surface area contributed by atoms with Crippen molar-refractivity contribution >= 4 is 21.9 Å². The summed E-state index contributed by atoms with van der Waals surface area (Å²) in [5, 5.41) is 0.392. The van der Waals surface area contributed by atoms with Crippen LogP contribution in [0.15, 0.2) is 6.07 Å². The molecule has 102 valence electrons. The monoisotopic (exact) mass is 327 g/mol. The van der Waals surface area contributed by atoms with Gasteiger partial charge in [0, 0.05) is 23.6 Å². The lowest BCUT2D eigenvalue weighted by Crippen LogP contribution is -2.36. The summed E-state index contributed by atoms with van der Waals surface area (Å²) >= 11 is 3.11. The van der Waals surface area contributed by atoms with Gasteiger partial charge < -0.3 is 9.64 Å². The number of rotatable bonds is 5. The van der Waals surface area contributed by atoms with Gasteiger partial charge >= 0.3 is 6.18 Å². The van der Waals surface area contributed by atoms with Gasteiger partial charge in [-0.2, -0.15) is 18.2 Å². The van der Waals surface area contributed by atoms with Crippen LogP contribution in [0, 0.1) is 6.92 Å². The molecule has 4 nitrogen and oxygen atoms in total. The molecule has 0 unspecified atom stereocenters. The number of alkyl halides is 4. The van der Waals surface area contributed by atoms with Crippen LogP contribution < -0.4 is 9.64 Å². The Hall–Kier alpha value is -1.05. The van der Waals surface area contributed by atoms with E-state index in [0.29, 0.717) is 11.0 Å². The lowest BCUT2D eigenvalue weighted by atomic mass is 10.4. The highest BCUT2D eigenvalue weighted by Crippen LogP contribution is 2.21. The van der Waals surface area contributed by atoms with Gasteiger partial charge in [-0.25, -0.2) is 4.98 Å². The highest BCUT2D eigenvalue weighted by atomic mass is 79.9. The van der Waals surface area contributed by atoms with Gasteiger partial charge in [-0.15, -0.1) is 0 Å². The summed E-state index contributed by atoms with van der Waals surface area (Å²) in [7, 11) is 1.41. The largest absolute Gasteiger partial charge is 0.481 e.